The van der Waals surface area contributed by atoms with Crippen molar-refractivity contribution >= 4 is 37.9 Å². The average molecular weight is 547 g/mol. The van der Waals surface area contributed by atoms with Gasteiger partial charge in [-0.3, -0.25) is 14.7 Å². The van der Waals surface area contributed by atoms with E-state index in [1.165, 1.54) is 7.11 Å². The Bertz CT molecular complexity index is 1780. The van der Waals surface area contributed by atoms with Crippen LogP contribution in [0.4, 0.5) is 14.5 Å². The molecule has 0 aliphatic carbocycles. The van der Waals surface area contributed by atoms with Gasteiger partial charge in [-0.2, -0.15) is 0 Å². The van der Waals surface area contributed by atoms with Crippen LogP contribution >= 0.6 is 0 Å². The molecule has 7 nitrogen and oxygen atoms in total. The second kappa shape index (κ2) is 10.7. The molecule has 0 saturated heterocycles. The summed E-state index contributed by atoms with van der Waals surface area (Å²) in [5.74, 6) is -2.10. The van der Waals surface area contributed by atoms with E-state index in [1.807, 2.05) is 43.5 Å². The summed E-state index contributed by atoms with van der Waals surface area (Å²) in [6.45, 7) is 2.00. The topological polar surface area (TPSA) is 93.5 Å². The van der Waals surface area contributed by atoms with Crippen LogP contribution in [0.3, 0.4) is 0 Å². The summed E-state index contributed by atoms with van der Waals surface area (Å²) in [6, 6.07) is 11.4. The van der Waals surface area contributed by atoms with Crippen molar-refractivity contribution in [1.82, 2.24) is 9.97 Å². The Balaban J connectivity index is 1.57. The number of aliphatic imine (C=N–C) groups is 1. The van der Waals surface area contributed by atoms with Crippen molar-refractivity contribution in [2.45, 2.75) is 24.7 Å². The van der Waals surface area contributed by atoms with Gasteiger partial charge in [-0.1, -0.05) is 18.2 Å². The lowest BCUT2D eigenvalue weighted by molar-refractivity contribution is 0.400. The number of aromatic nitrogens is 2. The third-order valence-corrected chi connectivity index (χ3v) is 7.65. The van der Waals surface area contributed by atoms with Gasteiger partial charge < -0.3 is 4.74 Å². The third-order valence-electron chi connectivity index (χ3n) is 6.25. The Morgan fingerprint density at radius 3 is 2.64 bits per heavy atom. The van der Waals surface area contributed by atoms with Gasteiger partial charge in [0.2, 0.25) is 5.88 Å². The molecule has 0 bridgehead atoms. The Kier molecular flexibility index (Phi) is 7.21. The first-order valence-electron chi connectivity index (χ1n) is 12.1. The average Bonchev–Trinajstić information content (AvgIpc) is 2.90. The molecule has 198 valence electrons. The van der Waals surface area contributed by atoms with Crippen LogP contribution in [-0.2, 0) is 10.0 Å². The highest BCUT2D eigenvalue weighted by molar-refractivity contribution is 7.92. The van der Waals surface area contributed by atoms with Gasteiger partial charge in [0.1, 0.15) is 22.2 Å². The number of nitrogens with zero attached hydrogens (tertiary/aromatic N) is 3. The van der Waals surface area contributed by atoms with Crippen LogP contribution < -0.4 is 9.46 Å². The second-order valence-electron chi connectivity index (χ2n) is 8.94. The zero-order chi connectivity index (χ0) is 27.6. The van der Waals surface area contributed by atoms with Gasteiger partial charge in [0, 0.05) is 46.9 Å². The monoisotopic (exact) mass is 546 g/mol. The Hall–Kier alpha value is -4.44. The predicted molar refractivity (Wildman–Crippen MR) is 148 cm³/mol. The quantitative estimate of drug-likeness (QED) is 0.297. The number of benzene rings is 2. The number of allylic oxidation sites excluding steroid dienone is 3. The summed E-state index contributed by atoms with van der Waals surface area (Å²) in [7, 11) is -3.07. The summed E-state index contributed by atoms with van der Waals surface area (Å²) < 4.78 is 61.0. The molecule has 1 aliphatic rings. The maximum absolute atomic E-state index is 14.3. The number of pyridine rings is 2. The molecule has 0 radical (unpaired) electrons. The standard InChI is InChI=1S/C29H24F2N4O3S/c1-18-5-3-4-6-20(16-33-18)23-11-12-32-26-9-7-19(13-24(23)26)21-14-27(29(38-2)34-17-21)35-39(36,37)28-10-8-22(30)15-25(28)31/h4,6-17,35H,3,5H2,1-2H3. The minimum atomic E-state index is -4.41. The van der Waals surface area contributed by atoms with E-state index < -0.39 is 26.6 Å². The maximum Gasteiger partial charge on any atom is 0.264 e. The van der Waals surface area contributed by atoms with Crippen LogP contribution in [0.2, 0.25) is 0 Å². The Morgan fingerprint density at radius 2 is 1.85 bits per heavy atom. The number of anilines is 1. The lowest BCUT2D eigenvalue weighted by Crippen LogP contribution is -2.15. The molecule has 3 heterocycles. The fourth-order valence-corrected chi connectivity index (χ4v) is 5.37. The Labute approximate surface area is 224 Å². The van der Waals surface area contributed by atoms with E-state index in [2.05, 4.69) is 25.8 Å². The smallest absolute Gasteiger partial charge is 0.264 e. The van der Waals surface area contributed by atoms with Crippen molar-refractivity contribution in [1.29, 1.82) is 0 Å². The van der Waals surface area contributed by atoms with Crippen molar-refractivity contribution in [3.8, 4) is 17.0 Å². The third kappa shape index (κ3) is 5.56. The summed E-state index contributed by atoms with van der Waals surface area (Å²) in [4.78, 5) is 12.6. The summed E-state index contributed by atoms with van der Waals surface area (Å²) in [5, 5.41) is 0.880. The van der Waals surface area contributed by atoms with E-state index >= 15 is 0 Å². The van der Waals surface area contributed by atoms with E-state index in [1.54, 1.807) is 18.5 Å². The molecule has 1 N–H and O–H groups in total. The number of rotatable bonds is 6. The van der Waals surface area contributed by atoms with Gasteiger partial charge in [0.25, 0.3) is 10.0 Å². The van der Waals surface area contributed by atoms with Gasteiger partial charge in [0.05, 0.1) is 12.6 Å². The molecule has 0 spiro atoms. The summed E-state index contributed by atoms with van der Waals surface area (Å²) in [6.07, 6.45) is 11.1. The molecule has 0 saturated carbocycles. The predicted octanol–water partition coefficient (Wildman–Crippen LogP) is 6.54. The SMILES string of the molecule is COc1ncc(-c2ccc3nccc(C4=CN=C(C)CCC=C4)c3c2)cc1NS(=O)(=O)c1ccc(F)cc1F. The second-order valence-corrected chi connectivity index (χ2v) is 10.6. The molecule has 4 aromatic rings. The molecule has 2 aromatic heterocycles. The molecule has 0 atom stereocenters. The number of hydrogen-bond donors (Lipinski definition) is 1. The van der Waals surface area contributed by atoms with E-state index in [0.717, 1.165) is 58.3 Å². The molecule has 1 aliphatic heterocycles. The van der Waals surface area contributed by atoms with Gasteiger partial charge in [-0.05, 0) is 67.3 Å². The van der Waals surface area contributed by atoms with E-state index in [0.29, 0.717) is 11.6 Å². The van der Waals surface area contributed by atoms with E-state index in [9.17, 15) is 17.2 Å². The minimum absolute atomic E-state index is 0.000652. The van der Waals surface area contributed by atoms with E-state index in [-0.39, 0.29) is 11.6 Å². The molecule has 0 amide bonds. The maximum atomic E-state index is 14.3. The van der Waals surface area contributed by atoms with Gasteiger partial charge in [-0.15, -0.1) is 0 Å². The van der Waals surface area contributed by atoms with Crippen LogP contribution in [0.5, 0.6) is 5.88 Å². The molecule has 0 unspecified atom stereocenters. The number of methoxy groups -OCH3 is 1. The molecular weight excluding hydrogens is 522 g/mol. The number of nitrogens with one attached hydrogen (secondary N) is 1. The van der Waals surface area contributed by atoms with E-state index in [4.69, 9.17) is 4.74 Å². The number of sulfonamides is 1. The number of halogens is 2. The summed E-state index contributed by atoms with van der Waals surface area (Å²) in [5.41, 5.74) is 5.06. The fourth-order valence-electron chi connectivity index (χ4n) is 4.27. The first-order valence-corrected chi connectivity index (χ1v) is 13.5. The molecule has 2 aromatic carbocycles. The zero-order valence-electron chi connectivity index (χ0n) is 21.2. The highest BCUT2D eigenvalue weighted by Crippen LogP contribution is 2.34. The normalized spacial score (nSPS) is 13.8. The van der Waals surface area contributed by atoms with Crippen molar-refractivity contribution in [3.05, 3.63) is 96.5 Å². The van der Waals surface area contributed by atoms with Gasteiger partial charge >= 0.3 is 0 Å². The highest BCUT2D eigenvalue weighted by Gasteiger charge is 2.22. The lowest BCUT2D eigenvalue weighted by atomic mass is 9.97. The molecular formula is C29H24F2N4O3S. The zero-order valence-corrected chi connectivity index (χ0v) is 22.0. The fraction of sp³-hybridized carbons (Fsp3) is 0.138. The van der Waals surface area contributed by atoms with Crippen molar-refractivity contribution in [3.63, 3.8) is 0 Å². The molecule has 39 heavy (non-hydrogen) atoms. The largest absolute Gasteiger partial charge is 0.480 e. The first kappa shape index (κ1) is 26.2. The van der Waals surface area contributed by atoms with Crippen LogP contribution in [0.15, 0.2) is 89.2 Å². The molecule has 10 heteroatoms. The number of fused-ring (bicyclic) bond motifs is 1. The van der Waals surface area contributed by atoms with Gasteiger partial charge in [0.15, 0.2) is 0 Å². The molecule has 5 rings (SSSR count). The Morgan fingerprint density at radius 1 is 1.00 bits per heavy atom. The highest BCUT2D eigenvalue weighted by atomic mass is 32.2. The minimum Gasteiger partial charge on any atom is -0.480 e. The van der Waals surface area contributed by atoms with Crippen LogP contribution in [-0.4, -0.2) is 31.2 Å². The summed E-state index contributed by atoms with van der Waals surface area (Å²) >= 11 is 0. The number of hydrogen-bond acceptors (Lipinski definition) is 6. The number of ether oxygens (including phenoxy) is 1. The van der Waals surface area contributed by atoms with Crippen LogP contribution in [0.1, 0.15) is 25.3 Å². The first-order chi connectivity index (χ1) is 18.7. The van der Waals surface area contributed by atoms with Crippen molar-refractivity contribution in [2.24, 2.45) is 4.99 Å². The molecule has 0 fully saturated rings. The van der Waals surface area contributed by atoms with Gasteiger partial charge in [-0.25, -0.2) is 22.2 Å². The van der Waals surface area contributed by atoms with Crippen LogP contribution in [0.25, 0.3) is 27.6 Å². The van der Waals surface area contributed by atoms with Crippen molar-refractivity contribution < 1.29 is 21.9 Å². The lowest BCUT2D eigenvalue weighted by Gasteiger charge is -2.14. The van der Waals surface area contributed by atoms with Crippen LogP contribution in [0, 0.1) is 11.6 Å². The van der Waals surface area contributed by atoms with Crippen molar-refractivity contribution in [2.75, 3.05) is 11.8 Å².